The first-order valence-corrected chi connectivity index (χ1v) is 8.17. The van der Waals surface area contributed by atoms with E-state index in [1.165, 1.54) is 0 Å². The van der Waals surface area contributed by atoms with E-state index in [1.54, 1.807) is 37.2 Å². The van der Waals surface area contributed by atoms with Crippen LogP contribution in [0.2, 0.25) is 0 Å². The van der Waals surface area contributed by atoms with Crippen LogP contribution in [0, 0.1) is 0 Å². The van der Waals surface area contributed by atoms with Crippen molar-refractivity contribution < 1.29 is 14.1 Å². The minimum absolute atomic E-state index is 0.143. The molecule has 3 aromatic rings. The second kappa shape index (κ2) is 7.65. The van der Waals surface area contributed by atoms with Crippen LogP contribution in [-0.4, -0.2) is 36.0 Å². The Morgan fingerprint density at radius 3 is 2.42 bits per heavy atom. The molecule has 0 spiro atoms. The molecule has 0 saturated heterocycles. The molecule has 2 amide bonds. The first-order valence-electron chi connectivity index (χ1n) is 8.17. The number of aromatic nitrogens is 1. The lowest BCUT2D eigenvalue weighted by Gasteiger charge is -2.15. The highest BCUT2D eigenvalue weighted by atomic mass is 16.5. The van der Waals surface area contributed by atoms with Gasteiger partial charge < -0.3 is 14.7 Å². The lowest BCUT2D eigenvalue weighted by Crippen LogP contribution is -2.26. The lowest BCUT2D eigenvalue weighted by molar-refractivity contribution is 0.0743. The van der Waals surface area contributed by atoms with Crippen LogP contribution in [0.3, 0.4) is 0 Å². The van der Waals surface area contributed by atoms with Gasteiger partial charge in [0.25, 0.3) is 11.8 Å². The minimum atomic E-state index is -0.255. The van der Waals surface area contributed by atoms with Gasteiger partial charge in [0.2, 0.25) is 5.76 Å². The zero-order valence-electron chi connectivity index (χ0n) is 14.6. The van der Waals surface area contributed by atoms with Gasteiger partial charge >= 0.3 is 0 Å². The molecule has 0 aliphatic heterocycles. The number of carbonyl (C=O) groups excluding carboxylic acids is 2. The summed E-state index contributed by atoms with van der Waals surface area (Å²) in [6.45, 7) is 0.397. The molecule has 0 fully saturated rings. The number of hydrogen-bond acceptors (Lipinski definition) is 4. The molecular formula is C20H19N3O3. The molecule has 6 nitrogen and oxygen atoms in total. The molecule has 0 radical (unpaired) electrons. The van der Waals surface area contributed by atoms with Gasteiger partial charge in [0.15, 0.2) is 0 Å². The third-order valence-corrected chi connectivity index (χ3v) is 4.00. The highest BCUT2D eigenvalue weighted by molar-refractivity contribution is 5.94. The van der Waals surface area contributed by atoms with Crippen LogP contribution < -0.4 is 5.32 Å². The Labute approximate surface area is 151 Å². The van der Waals surface area contributed by atoms with Gasteiger partial charge in [0.05, 0.1) is 0 Å². The Morgan fingerprint density at radius 1 is 1.08 bits per heavy atom. The quantitative estimate of drug-likeness (QED) is 0.768. The third kappa shape index (κ3) is 3.80. The van der Waals surface area contributed by atoms with Crippen molar-refractivity contribution in [3.63, 3.8) is 0 Å². The Morgan fingerprint density at radius 2 is 1.77 bits per heavy atom. The fourth-order valence-corrected chi connectivity index (χ4v) is 2.56. The third-order valence-electron chi connectivity index (χ3n) is 4.00. The van der Waals surface area contributed by atoms with Crippen LogP contribution in [0.5, 0.6) is 0 Å². The van der Waals surface area contributed by atoms with Crippen LogP contribution >= 0.6 is 0 Å². The van der Waals surface area contributed by atoms with E-state index in [1.807, 2.05) is 42.5 Å². The SMILES string of the molecule is CNC(=O)c1ccc(CN(C)C(=O)c2cc(-c3ccccc3)no2)cc1. The van der Waals surface area contributed by atoms with Gasteiger partial charge in [-0.15, -0.1) is 0 Å². The summed E-state index contributed by atoms with van der Waals surface area (Å²) in [6, 6.07) is 18.3. The molecule has 0 atom stereocenters. The van der Waals surface area contributed by atoms with Crippen LogP contribution in [0.25, 0.3) is 11.3 Å². The molecule has 132 valence electrons. The largest absolute Gasteiger partial charge is 0.355 e. The van der Waals surface area contributed by atoms with Crippen LogP contribution in [0.15, 0.2) is 65.2 Å². The van der Waals surface area contributed by atoms with Crippen molar-refractivity contribution in [1.82, 2.24) is 15.4 Å². The fourth-order valence-electron chi connectivity index (χ4n) is 2.56. The maximum Gasteiger partial charge on any atom is 0.292 e. The predicted octanol–water partition coefficient (Wildman–Crippen LogP) is 2.97. The van der Waals surface area contributed by atoms with Gasteiger partial charge in [-0.2, -0.15) is 0 Å². The fraction of sp³-hybridized carbons (Fsp3) is 0.150. The molecule has 6 heteroatoms. The second-order valence-corrected chi connectivity index (χ2v) is 5.88. The summed E-state index contributed by atoms with van der Waals surface area (Å²) >= 11 is 0. The van der Waals surface area contributed by atoms with Gasteiger partial charge in [-0.05, 0) is 17.7 Å². The number of nitrogens with zero attached hydrogens (tertiary/aromatic N) is 2. The molecule has 0 bridgehead atoms. The van der Waals surface area contributed by atoms with Gasteiger partial charge in [-0.1, -0.05) is 47.6 Å². The number of carbonyl (C=O) groups is 2. The Bertz CT molecular complexity index is 902. The standard InChI is InChI=1S/C20H19N3O3/c1-21-19(24)16-10-8-14(9-11-16)13-23(2)20(25)18-12-17(22-26-18)15-6-4-3-5-7-15/h3-12H,13H2,1-2H3,(H,21,24). The Hall–Kier alpha value is -3.41. The summed E-state index contributed by atoms with van der Waals surface area (Å²) in [7, 11) is 3.28. The summed E-state index contributed by atoms with van der Waals surface area (Å²) in [4.78, 5) is 25.7. The first-order chi connectivity index (χ1) is 12.6. The van der Waals surface area contributed by atoms with Gasteiger partial charge in [-0.25, -0.2) is 0 Å². The maximum absolute atomic E-state index is 12.5. The number of benzene rings is 2. The second-order valence-electron chi connectivity index (χ2n) is 5.88. The molecule has 2 aromatic carbocycles. The van der Waals surface area contributed by atoms with Gasteiger partial charge in [-0.3, -0.25) is 9.59 Å². The van der Waals surface area contributed by atoms with Crippen molar-refractivity contribution in [2.45, 2.75) is 6.54 Å². The molecule has 0 aliphatic carbocycles. The molecule has 0 aliphatic rings. The average molecular weight is 349 g/mol. The van der Waals surface area contributed by atoms with Crippen LogP contribution in [0.1, 0.15) is 26.5 Å². The molecular weight excluding hydrogens is 330 g/mol. The van der Waals surface area contributed by atoms with E-state index < -0.39 is 0 Å². The molecule has 1 heterocycles. The monoisotopic (exact) mass is 349 g/mol. The van der Waals surface area contributed by atoms with Crippen LogP contribution in [-0.2, 0) is 6.54 Å². The summed E-state index contributed by atoms with van der Waals surface area (Å²) in [6.07, 6.45) is 0. The number of rotatable bonds is 5. The predicted molar refractivity (Wildman–Crippen MR) is 97.6 cm³/mol. The van der Waals surface area contributed by atoms with Crippen molar-refractivity contribution in [3.05, 3.63) is 77.6 Å². The van der Waals surface area contributed by atoms with E-state index in [0.29, 0.717) is 17.8 Å². The average Bonchev–Trinajstić information content (AvgIpc) is 3.18. The first kappa shape index (κ1) is 17.4. The normalized spacial score (nSPS) is 10.4. The maximum atomic E-state index is 12.5. The van der Waals surface area contributed by atoms with E-state index in [0.717, 1.165) is 11.1 Å². The van der Waals surface area contributed by atoms with Crippen molar-refractivity contribution in [2.75, 3.05) is 14.1 Å². The van der Waals surface area contributed by atoms with Crippen molar-refractivity contribution in [2.24, 2.45) is 0 Å². The van der Waals surface area contributed by atoms with Crippen molar-refractivity contribution in [1.29, 1.82) is 0 Å². The van der Waals surface area contributed by atoms with Crippen LogP contribution in [0.4, 0.5) is 0 Å². The van der Waals surface area contributed by atoms with E-state index in [-0.39, 0.29) is 17.6 Å². The molecule has 0 saturated carbocycles. The Balaban J connectivity index is 1.68. The van der Waals surface area contributed by atoms with Crippen molar-refractivity contribution >= 4 is 11.8 Å². The molecule has 1 aromatic heterocycles. The summed E-state index contributed by atoms with van der Waals surface area (Å²) < 4.78 is 5.21. The van der Waals surface area contributed by atoms with E-state index in [9.17, 15) is 9.59 Å². The lowest BCUT2D eigenvalue weighted by atomic mass is 10.1. The molecule has 3 rings (SSSR count). The summed E-state index contributed by atoms with van der Waals surface area (Å²) in [5, 5.41) is 6.54. The van der Waals surface area contributed by atoms with E-state index in [4.69, 9.17) is 4.52 Å². The highest BCUT2D eigenvalue weighted by Gasteiger charge is 2.18. The van der Waals surface area contributed by atoms with Gasteiger partial charge in [0, 0.05) is 37.8 Å². The zero-order chi connectivity index (χ0) is 18.5. The van der Waals surface area contributed by atoms with Gasteiger partial charge in [0.1, 0.15) is 5.69 Å². The Kier molecular flexibility index (Phi) is 5.12. The summed E-state index contributed by atoms with van der Waals surface area (Å²) in [5.74, 6) is -0.209. The molecule has 26 heavy (non-hydrogen) atoms. The topological polar surface area (TPSA) is 75.4 Å². The van der Waals surface area contributed by atoms with E-state index >= 15 is 0 Å². The number of amides is 2. The summed E-state index contributed by atoms with van der Waals surface area (Å²) in [5.41, 5.74) is 3.00. The van der Waals surface area contributed by atoms with Crippen molar-refractivity contribution in [3.8, 4) is 11.3 Å². The number of nitrogens with one attached hydrogen (secondary N) is 1. The smallest absolute Gasteiger partial charge is 0.292 e. The molecule has 1 N–H and O–H groups in total. The zero-order valence-corrected chi connectivity index (χ0v) is 14.6. The molecule has 0 unspecified atom stereocenters. The number of hydrogen-bond donors (Lipinski definition) is 1. The van der Waals surface area contributed by atoms with E-state index in [2.05, 4.69) is 10.5 Å². The highest BCUT2D eigenvalue weighted by Crippen LogP contribution is 2.19. The minimum Gasteiger partial charge on any atom is -0.355 e.